The summed E-state index contributed by atoms with van der Waals surface area (Å²) in [5, 5.41) is 2.64. The SMILES string of the molecule is COC(=O)c1ccc(C)c(NC(=O)COC(=O)CCSc2ccccc2)c1. The van der Waals surface area contributed by atoms with Crippen molar-refractivity contribution >= 4 is 35.3 Å². The maximum absolute atomic E-state index is 12.0. The van der Waals surface area contributed by atoms with E-state index in [1.165, 1.54) is 13.2 Å². The van der Waals surface area contributed by atoms with Crippen molar-refractivity contribution in [3.05, 3.63) is 59.7 Å². The first-order chi connectivity index (χ1) is 13.0. The minimum absolute atomic E-state index is 0.212. The third-order valence-electron chi connectivity index (χ3n) is 3.62. The lowest BCUT2D eigenvalue weighted by Crippen LogP contribution is -2.21. The van der Waals surface area contributed by atoms with Gasteiger partial charge in [-0.05, 0) is 36.8 Å². The van der Waals surface area contributed by atoms with Crippen molar-refractivity contribution in [3.63, 3.8) is 0 Å². The molecule has 0 heterocycles. The molecule has 27 heavy (non-hydrogen) atoms. The molecule has 0 saturated heterocycles. The first kappa shape index (κ1) is 20.5. The Morgan fingerprint density at radius 2 is 1.81 bits per heavy atom. The highest BCUT2D eigenvalue weighted by atomic mass is 32.2. The number of carbonyl (C=O) groups is 3. The van der Waals surface area contributed by atoms with E-state index in [-0.39, 0.29) is 13.0 Å². The third kappa shape index (κ3) is 6.79. The summed E-state index contributed by atoms with van der Waals surface area (Å²) in [6, 6.07) is 14.6. The van der Waals surface area contributed by atoms with Gasteiger partial charge in [0.1, 0.15) is 0 Å². The Morgan fingerprint density at radius 3 is 2.52 bits per heavy atom. The van der Waals surface area contributed by atoms with Crippen molar-refractivity contribution in [2.24, 2.45) is 0 Å². The molecule has 2 aromatic rings. The monoisotopic (exact) mass is 387 g/mol. The minimum atomic E-state index is -0.493. The molecule has 0 aliphatic carbocycles. The summed E-state index contributed by atoms with van der Waals surface area (Å²) >= 11 is 1.55. The Balaban J connectivity index is 1.77. The molecule has 0 radical (unpaired) electrons. The molecule has 0 aliphatic rings. The number of esters is 2. The first-order valence-electron chi connectivity index (χ1n) is 8.32. The number of methoxy groups -OCH3 is 1. The molecule has 1 N–H and O–H groups in total. The van der Waals surface area contributed by atoms with Gasteiger partial charge in [0.2, 0.25) is 0 Å². The molecule has 2 aromatic carbocycles. The second-order valence-corrected chi connectivity index (χ2v) is 6.81. The summed E-state index contributed by atoms with van der Waals surface area (Å²) in [4.78, 5) is 36.4. The predicted molar refractivity (Wildman–Crippen MR) is 104 cm³/mol. The van der Waals surface area contributed by atoms with E-state index in [2.05, 4.69) is 10.1 Å². The van der Waals surface area contributed by atoms with Crippen LogP contribution in [-0.4, -0.2) is 37.3 Å². The average molecular weight is 387 g/mol. The van der Waals surface area contributed by atoms with Crippen molar-refractivity contribution in [3.8, 4) is 0 Å². The lowest BCUT2D eigenvalue weighted by atomic mass is 10.1. The Hall–Kier alpha value is -2.80. The van der Waals surface area contributed by atoms with Gasteiger partial charge in [0.05, 0.1) is 19.1 Å². The number of carbonyl (C=O) groups excluding carboxylic acids is 3. The van der Waals surface area contributed by atoms with Crippen LogP contribution in [0, 0.1) is 6.92 Å². The van der Waals surface area contributed by atoms with Crippen LogP contribution in [0.4, 0.5) is 5.69 Å². The van der Waals surface area contributed by atoms with Gasteiger partial charge >= 0.3 is 11.9 Å². The highest BCUT2D eigenvalue weighted by molar-refractivity contribution is 7.99. The van der Waals surface area contributed by atoms with Crippen LogP contribution in [0.3, 0.4) is 0 Å². The summed E-state index contributed by atoms with van der Waals surface area (Å²) in [7, 11) is 1.29. The molecule has 0 aliphatic heterocycles. The molecule has 6 nitrogen and oxygen atoms in total. The van der Waals surface area contributed by atoms with E-state index in [9.17, 15) is 14.4 Å². The highest BCUT2D eigenvalue weighted by Crippen LogP contribution is 2.19. The summed E-state index contributed by atoms with van der Waals surface area (Å²) in [5.74, 6) is -0.823. The third-order valence-corrected chi connectivity index (χ3v) is 4.63. The Morgan fingerprint density at radius 1 is 1.07 bits per heavy atom. The molecule has 0 spiro atoms. The molecular formula is C20H21NO5S. The van der Waals surface area contributed by atoms with Gasteiger partial charge in [-0.15, -0.1) is 11.8 Å². The van der Waals surface area contributed by atoms with Gasteiger partial charge in [-0.1, -0.05) is 24.3 Å². The van der Waals surface area contributed by atoms with Crippen LogP contribution in [0.25, 0.3) is 0 Å². The van der Waals surface area contributed by atoms with Crippen molar-refractivity contribution < 1.29 is 23.9 Å². The number of rotatable bonds is 8. The maximum Gasteiger partial charge on any atom is 0.337 e. The fourth-order valence-electron chi connectivity index (χ4n) is 2.17. The number of hydrogen-bond donors (Lipinski definition) is 1. The van der Waals surface area contributed by atoms with Gasteiger partial charge in [-0.3, -0.25) is 9.59 Å². The molecule has 0 bridgehead atoms. The smallest absolute Gasteiger partial charge is 0.337 e. The highest BCUT2D eigenvalue weighted by Gasteiger charge is 2.12. The average Bonchev–Trinajstić information content (AvgIpc) is 2.68. The molecule has 0 saturated carbocycles. The number of ether oxygens (including phenoxy) is 2. The number of hydrogen-bond acceptors (Lipinski definition) is 6. The van der Waals surface area contributed by atoms with Gasteiger partial charge < -0.3 is 14.8 Å². The Kier molecular flexibility index (Phi) is 7.88. The van der Waals surface area contributed by atoms with Crippen molar-refractivity contribution in [2.75, 3.05) is 24.8 Å². The van der Waals surface area contributed by atoms with Crippen LogP contribution < -0.4 is 5.32 Å². The summed E-state index contributed by atoms with van der Waals surface area (Å²) < 4.78 is 9.66. The van der Waals surface area contributed by atoms with Crippen LogP contribution >= 0.6 is 11.8 Å². The van der Waals surface area contributed by atoms with Gasteiger partial charge in [-0.25, -0.2) is 4.79 Å². The van der Waals surface area contributed by atoms with Crippen molar-refractivity contribution in [2.45, 2.75) is 18.2 Å². The number of anilines is 1. The molecule has 0 aromatic heterocycles. The fraction of sp³-hybridized carbons (Fsp3) is 0.250. The number of aryl methyl sites for hydroxylation is 1. The van der Waals surface area contributed by atoms with Crippen molar-refractivity contribution in [1.82, 2.24) is 0 Å². The van der Waals surface area contributed by atoms with Gasteiger partial charge in [0.25, 0.3) is 5.91 Å². The second-order valence-electron chi connectivity index (χ2n) is 5.64. The van der Waals surface area contributed by atoms with Gasteiger partial charge in [0, 0.05) is 16.3 Å². The standard InChI is InChI=1S/C20H21NO5S/c1-14-8-9-15(20(24)25-2)12-17(14)21-18(22)13-26-19(23)10-11-27-16-6-4-3-5-7-16/h3-9,12H,10-11,13H2,1-2H3,(H,21,22). The normalized spacial score (nSPS) is 10.1. The van der Waals surface area contributed by atoms with Crippen molar-refractivity contribution in [1.29, 1.82) is 0 Å². The van der Waals surface area contributed by atoms with E-state index in [1.54, 1.807) is 30.8 Å². The first-order valence-corrected chi connectivity index (χ1v) is 9.30. The lowest BCUT2D eigenvalue weighted by molar-refractivity contribution is -0.146. The molecule has 0 unspecified atom stereocenters. The Bertz CT molecular complexity index is 807. The summed E-state index contributed by atoms with van der Waals surface area (Å²) in [6.07, 6.45) is 0.212. The van der Waals surface area contributed by atoms with Gasteiger partial charge in [-0.2, -0.15) is 0 Å². The number of thioether (sulfide) groups is 1. The van der Waals surface area contributed by atoms with Crippen LogP contribution in [0.1, 0.15) is 22.3 Å². The summed E-state index contributed by atoms with van der Waals surface area (Å²) in [5.41, 5.74) is 1.58. The maximum atomic E-state index is 12.0. The van der Waals surface area contributed by atoms with Crippen LogP contribution in [0.2, 0.25) is 0 Å². The van der Waals surface area contributed by atoms with Crippen LogP contribution in [0.15, 0.2) is 53.4 Å². The minimum Gasteiger partial charge on any atom is -0.465 e. The molecule has 0 fully saturated rings. The molecule has 142 valence electrons. The lowest BCUT2D eigenvalue weighted by Gasteiger charge is -2.10. The fourth-order valence-corrected chi connectivity index (χ4v) is 3.03. The topological polar surface area (TPSA) is 81.7 Å². The largest absolute Gasteiger partial charge is 0.465 e. The molecule has 2 rings (SSSR count). The zero-order chi connectivity index (χ0) is 19.6. The van der Waals surface area contributed by atoms with E-state index in [0.717, 1.165) is 10.5 Å². The zero-order valence-corrected chi connectivity index (χ0v) is 16.0. The zero-order valence-electron chi connectivity index (χ0n) is 15.2. The number of amides is 1. The molecule has 1 amide bonds. The predicted octanol–water partition coefficient (Wildman–Crippen LogP) is 3.45. The van der Waals surface area contributed by atoms with Gasteiger partial charge in [0.15, 0.2) is 6.61 Å². The number of nitrogens with one attached hydrogen (secondary N) is 1. The van der Waals surface area contributed by atoms with E-state index in [1.807, 2.05) is 30.3 Å². The van der Waals surface area contributed by atoms with E-state index >= 15 is 0 Å². The molecular weight excluding hydrogens is 366 g/mol. The second kappa shape index (κ2) is 10.4. The molecule has 7 heteroatoms. The van der Waals surface area contributed by atoms with E-state index < -0.39 is 17.8 Å². The van der Waals surface area contributed by atoms with E-state index in [4.69, 9.17) is 4.74 Å². The number of benzene rings is 2. The molecule has 0 atom stereocenters. The van der Waals surface area contributed by atoms with Crippen LogP contribution in [-0.2, 0) is 19.1 Å². The van der Waals surface area contributed by atoms with E-state index in [0.29, 0.717) is 17.0 Å². The quantitative estimate of drug-likeness (QED) is 0.552. The summed E-state index contributed by atoms with van der Waals surface area (Å²) in [6.45, 7) is 1.42. The Labute approximate surface area is 162 Å². The van der Waals surface area contributed by atoms with Crippen LogP contribution in [0.5, 0.6) is 0 Å².